The van der Waals surface area contributed by atoms with E-state index in [0.717, 1.165) is 25.7 Å². The maximum Gasteiger partial charge on any atom is 0.407 e. The molecule has 0 bridgehead atoms. The molecule has 138 valence electrons. The minimum atomic E-state index is -0.434. The van der Waals surface area contributed by atoms with Crippen LogP contribution in [-0.4, -0.2) is 52.7 Å². The van der Waals surface area contributed by atoms with Crippen molar-refractivity contribution in [3.8, 4) is 0 Å². The van der Waals surface area contributed by atoms with Gasteiger partial charge in [-0.3, -0.25) is 0 Å². The van der Waals surface area contributed by atoms with Crippen molar-refractivity contribution in [3.05, 3.63) is 0 Å². The Kier molecular flexibility index (Phi) is 7.87. The molecule has 7 heteroatoms. The number of nitrogens with zero attached hydrogens (tertiary/aromatic N) is 2. The van der Waals surface area contributed by atoms with E-state index in [2.05, 4.69) is 10.3 Å². The molecule has 1 fully saturated rings. The van der Waals surface area contributed by atoms with Crippen molar-refractivity contribution < 1.29 is 19.5 Å². The minimum absolute atomic E-state index is 0.209. The number of hydrogen-bond donors (Lipinski definition) is 2. The van der Waals surface area contributed by atoms with Gasteiger partial charge in [-0.05, 0) is 40.5 Å². The van der Waals surface area contributed by atoms with Gasteiger partial charge < -0.3 is 15.3 Å². The maximum absolute atomic E-state index is 11.9. The third kappa shape index (κ3) is 6.59. The number of hydroxylamine groups is 2. The number of rotatable bonds is 8. The summed E-state index contributed by atoms with van der Waals surface area (Å²) in [5, 5.41) is 14.4. The molecule has 0 radical (unpaired) electrons. The molecule has 0 aromatic rings. The van der Waals surface area contributed by atoms with Crippen molar-refractivity contribution in [3.63, 3.8) is 0 Å². The minimum Gasteiger partial charge on any atom is -0.446 e. The molecule has 7 nitrogen and oxygen atoms in total. The molecule has 24 heavy (non-hydrogen) atoms. The number of isocyanates is 1. The van der Waals surface area contributed by atoms with Crippen molar-refractivity contribution in [2.75, 3.05) is 13.1 Å². The molecule has 2 N–H and O–H groups in total. The molecule has 0 aromatic heterocycles. The molecule has 0 unspecified atom stereocenters. The lowest BCUT2D eigenvalue weighted by Crippen LogP contribution is -2.60. The first kappa shape index (κ1) is 20.6. The Balaban J connectivity index is 2.24. The number of carbonyl (C=O) groups excluding carboxylic acids is 2. The summed E-state index contributed by atoms with van der Waals surface area (Å²) in [5.41, 5.74) is -0.868. The van der Waals surface area contributed by atoms with Crippen LogP contribution in [-0.2, 0) is 9.53 Å². The first-order chi connectivity index (χ1) is 11.2. The first-order valence-corrected chi connectivity index (χ1v) is 8.66. The molecule has 0 atom stereocenters. The highest BCUT2D eigenvalue weighted by Crippen LogP contribution is 2.37. The van der Waals surface area contributed by atoms with E-state index in [1.807, 2.05) is 27.7 Å². The van der Waals surface area contributed by atoms with Gasteiger partial charge >= 0.3 is 6.09 Å². The predicted octanol–water partition coefficient (Wildman–Crippen LogP) is 3.02. The van der Waals surface area contributed by atoms with E-state index in [-0.39, 0.29) is 6.10 Å². The molecule has 1 saturated heterocycles. The zero-order valence-corrected chi connectivity index (χ0v) is 15.3. The quantitative estimate of drug-likeness (QED) is 0.402. The molecule has 0 aliphatic carbocycles. The second-order valence-electron chi connectivity index (χ2n) is 7.69. The number of carbonyl (C=O) groups is 1. The van der Waals surface area contributed by atoms with Gasteiger partial charge in [-0.1, -0.05) is 12.8 Å². The van der Waals surface area contributed by atoms with Gasteiger partial charge in [0.05, 0.1) is 6.54 Å². The second-order valence-corrected chi connectivity index (χ2v) is 7.69. The monoisotopic (exact) mass is 341 g/mol. The van der Waals surface area contributed by atoms with Crippen LogP contribution < -0.4 is 5.32 Å². The molecule has 1 rings (SSSR count). The van der Waals surface area contributed by atoms with Crippen LogP contribution in [0, 0.1) is 0 Å². The fraction of sp³-hybridized carbons (Fsp3) is 0.882. The molecular formula is C17H31N3O4. The Labute approximate surface area is 144 Å². The van der Waals surface area contributed by atoms with Crippen molar-refractivity contribution >= 4 is 12.2 Å². The number of unbranched alkanes of at least 4 members (excludes halogenated alkanes) is 3. The molecule has 1 amide bonds. The lowest BCUT2D eigenvalue weighted by molar-refractivity contribution is -0.256. The Morgan fingerprint density at radius 3 is 2.38 bits per heavy atom. The number of ether oxygens (including phenoxy) is 1. The lowest BCUT2D eigenvalue weighted by atomic mass is 9.80. The second kappa shape index (κ2) is 9.16. The van der Waals surface area contributed by atoms with Gasteiger partial charge in [-0.15, -0.1) is 0 Å². The summed E-state index contributed by atoms with van der Waals surface area (Å²) in [6.07, 6.45) is 5.77. The average molecular weight is 341 g/mol. The summed E-state index contributed by atoms with van der Waals surface area (Å²) in [4.78, 5) is 25.3. The third-order valence-electron chi connectivity index (χ3n) is 4.41. The average Bonchev–Trinajstić information content (AvgIpc) is 2.47. The Morgan fingerprint density at radius 1 is 1.21 bits per heavy atom. The van der Waals surface area contributed by atoms with E-state index >= 15 is 0 Å². The zero-order valence-electron chi connectivity index (χ0n) is 15.3. The molecular weight excluding hydrogens is 310 g/mol. The van der Waals surface area contributed by atoms with Crippen molar-refractivity contribution in [2.45, 2.75) is 83.4 Å². The van der Waals surface area contributed by atoms with E-state index in [1.54, 1.807) is 0 Å². The first-order valence-electron chi connectivity index (χ1n) is 8.66. The summed E-state index contributed by atoms with van der Waals surface area (Å²) < 4.78 is 5.52. The van der Waals surface area contributed by atoms with E-state index in [9.17, 15) is 14.8 Å². The van der Waals surface area contributed by atoms with Crippen molar-refractivity contribution in [2.24, 2.45) is 4.99 Å². The Morgan fingerprint density at radius 2 is 1.79 bits per heavy atom. The van der Waals surface area contributed by atoms with Gasteiger partial charge in [0.25, 0.3) is 0 Å². The van der Waals surface area contributed by atoms with Crippen LogP contribution in [0.1, 0.15) is 66.2 Å². The number of alkyl carbamates (subject to hydrolysis) is 1. The summed E-state index contributed by atoms with van der Waals surface area (Å²) in [5.74, 6) is 0. The molecule has 1 aliphatic heterocycles. The predicted molar refractivity (Wildman–Crippen MR) is 90.7 cm³/mol. The van der Waals surface area contributed by atoms with Crippen molar-refractivity contribution in [1.29, 1.82) is 0 Å². The summed E-state index contributed by atoms with van der Waals surface area (Å²) in [7, 11) is 0. The molecule has 1 aliphatic rings. The van der Waals surface area contributed by atoms with E-state index < -0.39 is 17.2 Å². The van der Waals surface area contributed by atoms with E-state index in [4.69, 9.17) is 4.74 Å². The van der Waals surface area contributed by atoms with Crippen LogP contribution in [0.5, 0.6) is 0 Å². The van der Waals surface area contributed by atoms with Crippen LogP contribution in [0.4, 0.5) is 4.79 Å². The topological polar surface area (TPSA) is 91.2 Å². The van der Waals surface area contributed by atoms with Crippen LogP contribution in [0.3, 0.4) is 0 Å². The Bertz CT molecular complexity index is 441. The highest BCUT2D eigenvalue weighted by Gasteiger charge is 2.46. The fourth-order valence-corrected chi connectivity index (χ4v) is 3.36. The Hall–Kier alpha value is -1.43. The summed E-state index contributed by atoms with van der Waals surface area (Å²) in [6, 6.07) is 0. The normalized spacial score (nSPS) is 20.2. The summed E-state index contributed by atoms with van der Waals surface area (Å²) >= 11 is 0. The fourth-order valence-electron chi connectivity index (χ4n) is 3.36. The standard InChI is InChI=1S/C17H31N3O4/c1-16(2)11-14(12-17(3,4)20(16)23)24-15(22)19-10-8-6-5-7-9-18-13-21/h14,23H,5-12H2,1-4H3,(H,19,22). The number of piperidine rings is 1. The maximum atomic E-state index is 11.9. The van der Waals surface area contributed by atoms with Gasteiger partial charge in [-0.2, -0.15) is 5.06 Å². The zero-order chi connectivity index (χ0) is 18.2. The summed E-state index contributed by atoms with van der Waals surface area (Å²) in [6.45, 7) is 8.86. The number of amides is 1. The van der Waals surface area contributed by atoms with E-state index in [1.165, 1.54) is 11.1 Å². The molecule has 0 saturated carbocycles. The third-order valence-corrected chi connectivity index (χ3v) is 4.41. The largest absolute Gasteiger partial charge is 0.446 e. The van der Waals surface area contributed by atoms with Crippen LogP contribution >= 0.6 is 0 Å². The lowest BCUT2D eigenvalue weighted by Gasteiger charge is -2.50. The van der Waals surface area contributed by atoms with Crippen LogP contribution in [0.2, 0.25) is 0 Å². The number of nitrogens with one attached hydrogen (secondary N) is 1. The van der Waals surface area contributed by atoms with Gasteiger partial charge in [0.1, 0.15) is 6.10 Å². The number of aliphatic imine (C=N–C) groups is 1. The SMILES string of the molecule is CC1(C)CC(OC(=O)NCCCCCCN=C=O)CC(C)(C)N1O. The van der Waals surface area contributed by atoms with E-state index in [0.29, 0.717) is 25.9 Å². The molecule has 0 aromatic carbocycles. The smallest absolute Gasteiger partial charge is 0.407 e. The van der Waals surface area contributed by atoms with Gasteiger partial charge in [0.2, 0.25) is 6.08 Å². The van der Waals surface area contributed by atoms with Crippen LogP contribution in [0.25, 0.3) is 0 Å². The van der Waals surface area contributed by atoms with Gasteiger partial charge in [0.15, 0.2) is 0 Å². The van der Waals surface area contributed by atoms with Crippen molar-refractivity contribution in [1.82, 2.24) is 10.4 Å². The molecule has 0 spiro atoms. The molecule has 1 heterocycles. The highest BCUT2D eigenvalue weighted by atomic mass is 16.6. The number of hydrogen-bond acceptors (Lipinski definition) is 6. The van der Waals surface area contributed by atoms with Crippen LogP contribution in [0.15, 0.2) is 4.99 Å². The van der Waals surface area contributed by atoms with Gasteiger partial charge in [0, 0.05) is 30.5 Å². The van der Waals surface area contributed by atoms with Gasteiger partial charge in [-0.25, -0.2) is 14.6 Å². The highest BCUT2D eigenvalue weighted by molar-refractivity contribution is 5.67.